The topological polar surface area (TPSA) is 58.1 Å². The number of amides is 1. The molecule has 3 rings (SSSR count). The minimum Gasteiger partial charge on any atom is -0.355 e. The second kappa shape index (κ2) is 6.75. The first kappa shape index (κ1) is 14.8. The first-order chi connectivity index (χ1) is 10.7. The minimum atomic E-state index is -0.248. The molecular formula is C16H17ClN4O. The lowest BCUT2D eigenvalue weighted by Gasteiger charge is -2.27. The van der Waals surface area contributed by atoms with Crippen molar-refractivity contribution in [2.24, 2.45) is 0 Å². The van der Waals surface area contributed by atoms with Gasteiger partial charge in [0, 0.05) is 23.7 Å². The molecule has 1 saturated heterocycles. The van der Waals surface area contributed by atoms with E-state index < -0.39 is 0 Å². The van der Waals surface area contributed by atoms with Crippen LogP contribution in [-0.2, 0) is 0 Å². The van der Waals surface area contributed by atoms with Crippen molar-refractivity contribution in [1.29, 1.82) is 0 Å². The Bertz CT molecular complexity index is 653. The molecule has 0 aliphatic carbocycles. The summed E-state index contributed by atoms with van der Waals surface area (Å²) in [5.74, 6) is 1.05. The summed E-state index contributed by atoms with van der Waals surface area (Å²) in [5.41, 5.74) is 0.495. The quantitative estimate of drug-likeness (QED) is 0.943. The van der Waals surface area contributed by atoms with Gasteiger partial charge in [-0.05, 0) is 49.6 Å². The van der Waals surface area contributed by atoms with Crippen molar-refractivity contribution >= 4 is 29.1 Å². The van der Waals surface area contributed by atoms with Crippen LogP contribution in [0.1, 0.15) is 29.6 Å². The predicted molar refractivity (Wildman–Crippen MR) is 87.5 cm³/mol. The molecule has 2 heterocycles. The Morgan fingerprint density at radius 1 is 1.09 bits per heavy atom. The fraction of sp³-hybridized carbons (Fsp3) is 0.312. The van der Waals surface area contributed by atoms with Crippen LogP contribution < -0.4 is 10.2 Å². The molecule has 1 aliphatic rings. The Morgan fingerprint density at radius 3 is 2.59 bits per heavy atom. The molecule has 0 spiro atoms. The molecule has 0 saturated carbocycles. The molecular weight excluding hydrogens is 300 g/mol. The summed E-state index contributed by atoms with van der Waals surface area (Å²) in [7, 11) is 0. The number of carbonyl (C=O) groups is 1. The average Bonchev–Trinajstić information content (AvgIpc) is 2.56. The summed E-state index contributed by atoms with van der Waals surface area (Å²) < 4.78 is 0. The van der Waals surface area contributed by atoms with E-state index in [4.69, 9.17) is 11.6 Å². The zero-order valence-corrected chi connectivity index (χ0v) is 12.9. The number of nitrogens with one attached hydrogen (secondary N) is 1. The van der Waals surface area contributed by atoms with Crippen LogP contribution in [-0.4, -0.2) is 29.2 Å². The summed E-state index contributed by atoms with van der Waals surface area (Å²) in [6, 6.07) is 10.5. The summed E-state index contributed by atoms with van der Waals surface area (Å²) in [6.07, 6.45) is 3.65. The predicted octanol–water partition coefficient (Wildman–Crippen LogP) is 3.37. The summed E-state index contributed by atoms with van der Waals surface area (Å²) in [6.45, 7) is 2.03. The number of aromatic nitrogens is 2. The molecule has 22 heavy (non-hydrogen) atoms. The van der Waals surface area contributed by atoms with Crippen molar-refractivity contribution in [2.45, 2.75) is 19.3 Å². The van der Waals surface area contributed by atoms with E-state index in [0.717, 1.165) is 18.9 Å². The first-order valence-corrected chi connectivity index (χ1v) is 7.76. The third-order valence-electron chi connectivity index (χ3n) is 3.66. The van der Waals surface area contributed by atoms with Crippen molar-refractivity contribution in [2.75, 3.05) is 23.3 Å². The van der Waals surface area contributed by atoms with Crippen LogP contribution in [0.25, 0.3) is 0 Å². The van der Waals surface area contributed by atoms with Crippen molar-refractivity contribution in [3.05, 3.63) is 47.0 Å². The van der Waals surface area contributed by atoms with Crippen LogP contribution in [0.15, 0.2) is 36.4 Å². The van der Waals surface area contributed by atoms with E-state index in [1.807, 2.05) is 6.07 Å². The Labute approximate surface area is 134 Å². The van der Waals surface area contributed by atoms with Gasteiger partial charge in [0.25, 0.3) is 5.91 Å². The standard InChI is InChI=1S/C16H17ClN4O/c17-13-6-4-5-12(11-13)16(22)18-14-7-8-15(20-19-14)21-9-2-1-3-10-21/h4-8,11H,1-3,9-10H2,(H,18,19,22). The molecule has 0 atom stereocenters. The molecule has 1 aliphatic heterocycles. The van der Waals surface area contributed by atoms with Gasteiger partial charge in [-0.2, -0.15) is 0 Å². The first-order valence-electron chi connectivity index (χ1n) is 7.38. The van der Waals surface area contributed by atoms with Gasteiger partial charge in [-0.15, -0.1) is 10.2 Å². The van der Waals surface area contributed by atoms with Gasteiger partial charge < -0.3 is 10.2 Å². The molecule has 1 aromatic heterocycles. The summed E-state index contributed by atoms with van der Waals surface area (Å²) >= 11 is 5.89. The molecule has 6 heteroatoms. The van der Waals surface area contributed by atoms with E-state index in [0.29, 0.717) is 16.4 Å². The number of hydrogen-bond acceptors (Lipinski definition) is 4. The number of benzene rings is 1. The number of rotatable bonds is 3. The van der Waals surface area contributed by atoms with Gasteiger partial charge in [-0.1, -0.05) is 17.7 Å². The fourth-order valence-electron chi connectivity index (χ4n) is 2.50. The highest BCUT2D eigenvalue weighted by Crippen LogP contribution is 2.18. The van der Waals surface area contributed by atoms with Crippen molar-refractivity contribution in [3.63, 3.8) is 0 Å². The van der Waals surface area contributed by atoms with Gasteiger partial charge in [0.2, 0.25) is 0 Å². The smallest absolute Gasteiger partial charge is 0.256 e. The lowest BCUT2D eigenvalue weighted by molar-refractivity contribution is 0.102. The lowest BCUT2D eigenvalue weighted by atomic mass is 10.1. The van der Waals surface area contributed by atoms with Crippen LogP contribution in [0.4, 0.5) is 11.6 Å². The van der Waals surface area contributed by atoms with Gasteiger partial charge in [-0.25, -0.2) is 0 Å². The molecule has 1 N–H and O–H groups in total. The Hall–Kier alpha value is -2.14. The Morgan fingerprint density at radius 2 is 1.91 bits per heavy atom. The zero-order valence-electron chi connectivity index (χ0n) is 12.1. The van der Waals surface area contributed by atoms with E-state index in [1.54, 1.807) is 30.3 Å². The number of carbonyl (C=O) groups excluding carboxylic acids is 1. The average molecular weight is 317 g/mol. The van der Waals surface area contributed by atoms with Gasteiger partial charge in [-0.3, -0.25) is 4.79 Å². The largest absolute Gasteiger partial charge is 0.355 e. The van der Waals surface area contributed by atoms with Crippen molar-refractivity contribution in [3.8, 4) is 0 Å². The SMILES string of the molecule is O=C(Nc1ccc(N2CCCCC2)nn1)c1cccc(Cl)c1. The molecule has 1 amide bonds. The highest BCUT2D eigenvalue weighted by molar-refractivity contribution is 6.31. The van der Waals surface area contributed by atoms with E-state index in [2.05, 4.69) is 20.4 Å². The second-order valence-corrected chi connectivity index (χ2v) is 5.73. The lowest BCUT2D eigenvalue weighted by Crippen LogP contribution is -2.30. The van der Waals surface area contributed by atoms with Crippen molar-refractivity contribution < 1.29 is 4.79 Å². The molecule has 2 aromatic rings. The number of hydrogen-bond donors (Lipinski definition) is 1. The van der Waals surface area contributed by atoms with E-state index in [-0.39, 0.29) is 5.91 Å². The second-order valence-electron chi connectivity index (χ2n) is 5.29. The van der Waals surface area contributed by atoms with Crippen LogP contribution in [0.2, 0.25) is 5.02 Å². The molecule has 1 aromatic carbocycles. The maximum Gasteiger partial charge on any atom is 0.256 e. The van der Waals surface area contributed by atoms with Gasteiger partial charge in [0.15, 0.2) is 11.6 Å². The maximum atomic E-state index is 12.1. The molecule has 114 valence electrons. The molecule has 0 bridgehead atoms. The Balaban J connectivity index is 1.66. The number of piperidine rings is 1. The van der Waals surface area contributed by atoms with Crippen LogP contribution in [0.5, 0.6) is 0 Å². The molecule has 1 fully saturated rings. The summed E-state index contributed by atoms with van der Waals surface area (Å²) in [4.78, 5) is 14.3. The van der Waals surface area contributed by atoms with Crippen LogP contribution in [0, 0.1) is 0 Å². The van der Waals surface area contributed by atoms with Gasteiger partial charge in [0.1, 0.15) is 0 Å². The van der Waals surface area contributed by atoms with Gasteiger partial charge >= 0.3 is 0 Å². The van der Waals surface area contributed by atoms with E-state index >= 15 is 0 Å². The van der Waals surface area contributed by atoms with Gasteiger partial charge in [0.05, 0.1) is 0 Å². The maximum absolute atomic E-state index is 12.1. The monoisotopic (exact) mass is 316 g/mol. The highest BCUT2D eigenvalue weighted by atomic mass is 35.5. The van der Waals surface area contributed by atoms with Crippen LogP contribution in [0.3, 0.4) is 0 Å². The normalized spacial score (nSPS) is 14.7. The Kier molecular flexibility index (Phi) is 4.53. The summed E-state index contributed by atoms with van der Waals surface area (Å²) in [5, 5.41) is 11.5. The third-order valence-corrected chi connectivity index (χ3v) is 3.89. The van der Waals surface area contributed by atoms with E-state index in [1.165, 1.54) is 19.3 Å². The number of halogens is 1. The van der Waals surface area contributed by atoms with Crippen LogP contribution >= 0.6 is 11.6 Å². The van der Waals surface area contributed by atoms with Crippen molar-refractivity contribution in [1.82, 2.24) is 10.2 Å². The molecule has 0 radical (unpaired) electrons. The minimum absolute atomic E-state index is 0.248. The number of anilines is 2. The zero-order chi connectivity index (χ0) is 15.4. The highest BCUT2D eigenvalue weighted by Gasteiger charge is 2.13. The molecule has 0 unspecified atom stereocenters. The molecule has 5 nitrogen and oxygen atoms in total. The fourth-order valence-corrected chi connectivity index (χ4v) is 2.69. The van der Waals surface area contributed by atoms with E-state index in [9.17, 15) is 4.79 Å². The number of nitrogens with zero attached hydrogens (tertiary/aromatic N) is 3. The third kappa shape index (κ3) is 3.54.